The van der Waals surface area contributed by atoms with Gasteiger partial charge in [-0.25, -0.2) is 4.99 Å². The fraction of sp³-hybridized carbons (Fsp3) is 0.222. The first-order valence-electron chi connectivity index (χ1n) is 3.90. The van der Waals surface area contributed by atoms with E-state index in [-0.39, 0.29) is 5.88 Å². The molecule has 0 aliphatic rings. The van der Waals surface area contributed by atoms with Gasteiger partial charge in [-0.2, -0.15) is 0 Å². The Hall–Kier alpha value is -0.380. The number of rotatable bonds is 3. The highest BCUT2D eigenvalue weighted by Gasteiger charge is 2.01. The van der Waals surface area contributed by atoms with Crippen LogP contribution in [0.3, 0.4) is 0 Å². The third-order valence-electron chi connectivity index (χ3n) is 1.54. The monoisotopic (exact) mass is 248 g/mol. The van der Waals surface area contributed by atoms with Crippen LogP contribution in [0.1, 0.15) is 0 Å². The Morgan fingerprint density at radius 1 is 1.57 bits per heavy atom. The third-order valence-corrected chi connectivity index (χ3v) is 2.84. The zero-order valence-electron chi connectivity index (χ0n) is 7.63. The van der Waals surface area contributed by atoms with Gasteiger partial charge in [0.15, 0.2) is 0 Å². The molecule has 0 saturated carbocycles. The van der Waals surface area contributed by atoms with E-state index in [9.17, 15) is 0 Å². The van der Waals surface area contributed by atoms with Gasteiger partial charge in [0.25, 0.3) is 0 Å². The minimum Gasteiger partial charge on any atom is -0.386 e. The largest absolute Gasteiger partial charge is 0.386 e. The molecule has 1 aromatic rings. The van der Waals surface area contributed by atoms with E-state index in [0.717, 1.165) is 10.6 Å². The van der Waals surface area contributed by atoms with Gasteiger partial charge in [0.05, 0.1) is 11.6 Å². The van der Waals surface area contributed by atoms with E-state index in [1.807, 2.05) is 18.4 Å². The van der Waals surface area contributed by atoms with Crippen molar-refractivity contribution < 1.29 is 0 Å². The molecular formula is C9H10Cl2N2S. The molecule has 0 aromatic heterocycles. The van der Waals surface area contributed by atoms with Crippen LogP contribution in [-0.4, -0.2) is 18.0 Å². The summed E-state index contributed by atoms with van der Waals surface area (Å²) >= 11 is 13.0. The maximum atomic E-state index is 5.85. The van der Waals surface area contributed by atoms with Gasteiger partial charge in [-0.3, -0.25) is 0 Å². The smallest absolute Gasteiger partial charge is 0.115 e. The zero-order valence-corrected chi connectivity index (χ0v) is 9.96. The van der Waals surface area contributed by atoms with E-state index >= 15 is 0 Å². The first-order valence-corrected chi connectivity index (χ1v) is 6.03. The molecule has 0 saturated heterocycles. The summed E-state index contributed by atoms with van der Waals surface area (Å²) in [7, 11) is 0. The number of hydrogen-bond acceptors (Lipinski definition) is 2. The standard InChI is InChI=1S/C9H10Cl2N2S/c1-14-8-3-2-6(11)4-7(8)13-9(12)5-10/h2-4H,5H2,1H3,(H2,12,13). The number of benzene rings is 1. The molecule has 5 heteroatoms. The van der Waals surface area contributed by atoms with Gasteiger partial charge in [0.2, 0.25) is 0 Å². The van der Waals surface area contributed by atoms with Gasteiger partial charge in [0.1, 0.15) is 5.84 Å². The van der Waals surface area contributed by atoms with Gasteiger partial charge in [-0.1, -0.05) is 11.6 Å². The van der Waals surface area contributed by atoms with Gasteiger partial charge < -0.3 is 5.73 Å². The second kappa shape index (κ2) is 5.49. The molecule has 0 bridgehead atoms. The van der Waals surface area contributed by atoms with Gasteiger partial charge in [-0.15, -0.1) is 23.4 Å². The Morgan fingerprint density at radius 3 is 2.86 bits per heavy atom. The second-order valence-electron chi connectivity index (χ2n) is 2.55. The van der Waals surface area contributed by atoms with Gasteiger partial charge in [-0.05, 0) is 24.5 Å². The molecule has 0 heterocycles. The molecule has 2 N–H and O–H groups in total. The lowest BCUT2D eigenvalue weighted by atomic mass is 10.3. The van der Waals surface area contributed by atoms with Crippen molar-refractivity contribution in [3.05, 3.63) is 23.2 Å². The summed E-state index contributed by atoms with van der Waals surface area (Å²) in [5, 5.41) is 0.643. The van der Waals surface area contributed by atoms with Crippen LogP contribution in [0.4, 0.5) is 5.69 Å². The predicted molar refractivity (Wildman–Crippen MR) is 65.2 cm³/mol. The van der Waals surface area contributed by atoms with E-state index in [2.05, 4.69) is 4.99 Å². The topological polar surface area (TPSA) is 38.4 Å². The molecule has 1 rings (SSSR count). The van der Waals surface area contributed by atoms with Crippen molar-refractivity contribution in [2.75, 3.05) is 12.1 Å². The maximum Gasteiger partial charge on any atom is 0.115 e. The fourth-order valence-electron chi connectivity index (χ4n) is 0.935. The molecule has 0 spiro atoms. The summed E-state index contributed by atoms with van der Waals surface area (Å²) in [4.78, 5) is 5.20. The van der Waals surface area contributed by atoms with Crippen LogP contribution in [-0.2, 0) is 0 Å². The third kappa shape index (κ3) is 3.08. The number of hydrogen-bond donors (Lipinski definition) is 1. The summed E-state index contributed by atoms with van der Waals surface area (Å²) < 4.78 is 0. The summed E-state index contributed by atoms with van der Waals surface area (Å²) in [5.41, 5.74) is 6.31. The van der Waals surface area contributed by atoms with Crippen LogP contribution >= 0.6 is 35.0 Å². The first kappa shape index (κ1) is 11.7. The molecule has 1 aromatic carbocycles. The molecule has 0 fully saturated rings. The molecule has 0 aliphatic carbocycles. The number of nitrogens with two attached hydrogens (primary N) is 1. The van der Waals surface area contributed by atoms with E-state index in [1.165, 1.54) is 0 Å². The Morgan fingerprint density at radius 2 is 2.29 bits per heavy atom. The maximum absolute atomic E-state index is 5.85. The average molecular weight is 249 g/mol. The molecular weight excluding hydrogens is 239 g/mol. The Labute approximate surface area is 97.5 Å². The van der Waals surface area contributed by atoms with Crippen LogP contribution in [0.25, 0.3) is 0 Å². The average Bonchev–Trinajstić information content (AvgIpc) is 2.18. The lowest BCUT2D eigenvalue weighted by Crippen LogP contribution is -2.12. The highest BCUT2D eigenvalue weighted by Crippen LogP contribution is 2.30. The van der Waals surface area contributed by atoms with Crippen molar-refractivity contribution in [2.24, 2.45) is 10.7 Å². The quantitative estimate of drug-likeness (QED) is 0.386. The van der Waals surface area contributed by atoms with Crippen molar-refractivity contribution in [1.29, 1.82) is 0 Å². The van der Waals surface area contributed by atoms with Crippen molar-refractivity contribution in [3.8, 4) is 0 Å². The van der Waals surface area contributed by atoms with E-state index in [4.69, 9.17) is 28.9 Å². The van der Waals surface area contributed by atoms with E-state index < -0.39 is 0 Å². The van der Waals surface area contributed by atoms with Crippen LogP contribution < -0.4 is 5.73 Å². The minimum atomic E-state index is 0.223. The zero-order chi connectivity index (χ0) is 10.6. The summed E-state index contributed by atoms with van der Waals surface area (Å²) in [6, 6.07) is 5.50. The second-order valence-corrected chi connectivity index (χ2v) is 4.10. The van der Waals surface area contributed by atoms with Crippen molar-refractivity contribution in [3.63, 3.8) is 0 Å². The number of alkyl halides is 1. The SMILES string of the molecule is CSc1ccc(Cl)cc1N=C(N)CCl. The summed E-state index contributed by atoms with van der Waals surface area (Å²) in [6.45, 7) is 0. The normalized spacial score (nSPS) is 11.8. The Kier molecular flexibility index (Phi) is 4.58. The summed E-state index contributed by atoms with van der Waals surface area (Å²) in [6.07, 6.45) is 1.97. The van der Waals surface area contributed by atoms with Crippen LogP contribution in [0, 0.1) is 0 Å². The van der Waals surface area contributed by atoms with E-state index in [1.54, 1.807) is 17.8 Å². The summed E-state index contributed by atoms with van der Waals surface area (Å²) in [5.74, 6) is 0.615. The number of thioether (sulfide) groups is 1. The molecule has 0 unspecified atom stereocenters. The first-order chi connectivity index (χ1) is 6.67. The van der Waals surface area contributed by atoms with E-state index in [0.29, 0.717) is 10.9 Å². The molecule has 14 heavy (non-hydrogen) atoms. The molecule has 0 amide bonds. The van der Waals surface area contributed by atoms with Crippen LogP contribution in [0.15, 0.2) is 28.1 Å². The predicted octanol–water partition coefficient (Wildman–Crippen LogP) is 3.29. The highest BCUT2D eigenvalue weighted by atomic mass is 35.5. The van der Waals surface area contributed by atoms with Crippen molar-refractivity contribution in [1.82, 2.24) is 0 Å². The lowest BCUT2D eigenvalue weighted by Gasteiger charge is -2.03. The molecule has 0 aliphatic heterocycles. The highest BCUT2D eigenvalue weighted by molar-refractivity contribution is 7.98. The number of halogens is 2. The van der Waals surface area contributed by atoms with Crippen LogP contribution in [0.5, 0.6) is 0 Å². The number of aliphatic imine (C=N–C) groups is 1. The lowest BCUT2D eigenvalue weighted by molar-refractivity contribution is 1.35. The Balaban J connectivity index is 3.11. The minimum absolute atomic E-state index is 0.223. The molecule has 76 valence electrons. The fourth-order valence-corrected chi connectivity index (χ4v) is 1.68. The molecule has 0 atom stereocenters. The number of nitrogens with zero attached hydrogens (tertiary/aromatic N) is 1. The molecule has 2 nitrogen and oxygen atoms in total. The molecule has 0 radical (unpaired) electrons. The van der Waals surface area contributed by atoms with Gasteiger partial charge >= 0.3 is 0 Å². The van der Waals surface area contributed by atoms with Crippen LogP contribution in [0.2, 0.25) is 5.02 Å². The number of amidine groups is 1. The van der Waals surface area contributed by atoms with Crippen molar-refractivity contribution in [2.45, 2.75) is 4.90 Å². The van der Waals surface area contributed by atoms with Crippen molar-refractivity contribution >= 4 is 46.5 Å². The Bertz CT molecular complexity index is 353. The van der Waals surface area contributed by atoms with Gasteiger partial charge in [0, 0.05) is 9.92 Å².